The van der Waals surface area contributed by atoms with Crippen LogP contribution >= 0.6 is 11.3 Å². The predicted molar refractivity (Wildman–Crippen MR) is 104 cm³/mol. The van der Waals surface area contributed by atoms with Gasteiger partial charge in [0.15, 0.2) is 0 Å². The Hall–Kier alpha value is -3.67. The zero-order valence-corrected chi connectivity index (χ0v) is 14.5. The van der Waals surface area contributed by atoms with Crippen molar-refractivity contribution in [2.24, 2.45) is 0 Å². The number of rotatable bonds is 5. The second kappa shape index (κ2) is 7.94. The molecule has 2 aromatic carbocycles. The summed E-state index contributed by atoms with van der Waals surface area (Å²) < 4.78 is 0. The smallest absolute Gasteiger partial charge is 0.150 e. The highest BCUT2D eigenvalue weighted by atomic mass is 32.1. The normalized spacial score (nSPS) is 10.6. The van der Waals surface area contributed by atoms with E-state index in [4.69, 9.17) is 10.5 Å². The fraction of sp³-hybridized carbons (Fsp3) is 0. The highest BCUT2D eigenvalue weighted by Crippen LogP contribution is 2.32. The van der Waals surface area contributed by atoms with Gasteiger partial charge in [-0.2, -0.15) is 10.5 Å². The van der Waals surface area contributed by atoms with Gasteiger partial charge in [-0.3, -0.25) is 4.79 Å². The van der Waals surface area contributed by atoms with E-state index < -0.39 is 0 Å². The lowest BCUT2D eigenvalue weighted by Crippen LogP contribution is -1.90. The molecular weight excluding hydrogens is 342 g/mol. The molecule has 0 fully saturated rings. The van der Waals surface area contributed by atoms with Crippen LogP contribution in [0.2, 0.25) is 0 Å². The quantitative estimate of drug-likeness (QED) is 0.491. The van der Waals surface area contributed by atoms with Gasteiger partial charge < -0.3 is 5.32 Å². The van der Waals surface area contributed by atoms with Gasteiger partial charge in [-0.05, 0) is 54.1 Å². The maximum atomic E-state index is 10.7. The van der Waals surface area contributed by atoms with Crippen molar-refractivity contribution < 1.29 is 4.79 Å². The molecule has 0 saturated heterocycles. The summed E-state index contributed by atoms with van der Waals surface area (Å²) in [5.41, 5.74) is 3.90. The molecule has 1 aromatic heterocycles. The number of carbonyl (C=O) groups is 1. The summed E-state index contributed by atoms with van der Waals surface area (Å²) in [5, 5.41) is 21.1. The highest BCUT2D eigenvalue weighted by molar-refractivity contribution is 7.16. The van der Waals surface area contributed by atoms with Crippen molar-refractivity contribution in [1.82, 2.24) is 0 Å². The summed E-state index contributed by atoms with van der Waals surface area (Å²) in [7, 11) is 0. The molecule has 3 rings (SSSR count). The van der Waals surface area contributed by atoms with Gasteiger partial charge in [0.2, 0.25) is 0 Å². The monoisotopic (exact) mass is 355 g/mol. The summed E-state index contributed by atoms with van der Waals surface area (Å²) in [6.07, 6.45) is 2.08. The molecule has 0 aliphatic carbocycles. The molecule has 0 aliphatic rings. The van der Waals surface area contributed by atoms with Crippen LogP contribution in [-0.2, 0) is 0 Å². The van der Waals surface area contributed by atoms with Crippen molar-refractivity contribution in [3.63, 3.8) is 0 Å². The van der Waals surface area contributed by atoms with Crippen LogP contribution in [0.1, 0.15) is 15.2 Å². The molecule has 0 spiro atoms. The van der Waals surface area contributed by atoms with E-state index in [0.717, 1.165) is 33.0 Å². The van der Waals surface area contributed by atoms with Crippen molar-refractivity contribution in [2.45, 2.75) is 0 Å². The lowest BCUT2D eigenvalue weighted by Gasteiger charge is -2.07. The highest BCUT2D eigenvalue weighted by Gasteiger charge is 2.07. The Kier molecular flexibility index (Phi) is 5.24. The van der Waals surface area contributed by atoms with E-state index in [1.165, 1.54) is 17.4 Å². The molecule has 26 heavy (non-hydrogen) atoms. The Morgan fingerprint density at radius 1 is 0.923 bits per heavy atom. The number of allylic oxidation sites excluding steroid dienone is 2. The SMILES string of the molecule is N#CC=C(C#N)c1ccc(-c2ccc(Nc3ccc(C=O)cc3)cc2)s1. The van der Waals surface area contributed by atoms with E-state index in [0.29, 0.717) is 11.1 Å². The standard InChI is InChI=1S/C21H13N3OS/c22-12-11-17(13-23)21-10-9-20(26-21)16-3-7-19(8-4-16)24-18-5-1-15(14-25)2-6-18/h1-11,14,24H. The van der Waals surface area contributed by atoms with E-state index >= 15 is 0 Å². The minimum atomic E-state index is 0.376. The third-order valence-corrected chi connectivity index (χ3v) is 4.87. The number of carbonyl (C=O) groups excluding carboxylic acids is 1. The predicted octanol–water partition coefficient (Wildman–Crippen LogP) is 5.40. The topological polar surface area (TPSA) is 76.7 Å². The zero-order chi connectivity index (χ0) is 18.4. The maximum Gasteiger partial charge on any atom is 0.150 e. The van der Waals surface area contributed by atoms with Gasteiger partial charge in [-0.1, -0.05) is 12.1 Å². The van der Waals surface area contributed by atoms with Crippen molar-refractivity contribution in [1.29, 1.82) is 10.5 Å². The van der Waals surface area contributed by atoms with Crippen LogP contribution < -0.4 is 5.32 Å². The maximum absolute atomic E-state index is 10.7. The molecular formula is C21H13N3OS. The van der Waals surface area contributed by atoms with E-state index in [1.54, 1.807) is 12.1 Å². The number of aldehydes is 1. The van der Waals surface area contributed by atoms with Crippen LogP contribution in [0.3, 0.4) is 0 Å². The Bertz CT molecular complexity index is 1030. The first kappa shape index (κ1) is 17.2. The molecule has 0 aliphatic heterocycles. The third-order valence-electron chi connectivity index (χ3n) is 3.71. The van der Waals surface area contributed by atoms with Gasteiger partial charge >= 0.3 is 0 Å². The van der Waals surface area contributed by atoms with Gasteiger partial charge in [-0.25, -0.2) is 0 Å². The van der Waals surface area contributed by atoms with Crippen LogP contribution in [0.4, 0.5) is 11.4 Å². The molecule has 0 unspecified atom stereocenters. The number of nitrogens with zero attached hydrogens (tertiary/aromatic N) is 2. The Labute approximate surface area is 155 Å². The first-order chi connectivity index (χ1) is 12.7. The second-order valence-electron chi connectivity index (χ2n) is 5.41. The van der Waals surface area contributed by atoms with Gasteiger partial charge in [0.1, 0.15) is 12.4 Å². The van der Waals surface area contributed by atoms with Gasteiger partial charge in [-0.15, -0.1) is 11.3 Å². The Morgan fingerprint density at radius 2 is 1.58 bits per heavy atom. The Morgan fingerprint density at radius 3 is 2.15 bits per heavy atom. The summed E-state index contributed by atoms with van der Waals surface area (Å²) in [5.74, 6) is 0. The van der Waals surface area contributed by atoms with Crippen molar-refractivity contribution >= 4 is 34.6 Å². The van der Waals surface area contributed by atoms with E-state index in [9.17, 15) is 4.79 Å². The summed E-state index contributed by atoms with van der Waals surface area (Å²) in [6, 6.07) is 22.9. The average molecular weight is 355 g/mol. The number of hydrogen-bond acceptors (Lipinski definition) is 5. The number of thiophene rings is 1. The largest absolute Gasteiger partial charge is 0.356 e. The molecule has 4 nitrogen and oxygen atoms in total. The number of benzene rings is 2. The molecule has 1 heterocycles. The van der Waals surface area contributed by atoms with Crippen LogP contribution in [0.15, 0.2) is 66.7 Å². The lowest BCUT2D eigenvalue weighted by atomic mass is 10.1. The Balaban J connectivity index is 1.76. The first-order valence-electron chi connectivity index (χ1n) is 7.76. The number of nitrogens with one attached hydrogen (secondary N) is 1. The van der Waals surface area contributed by atoms with Gasteiger partial charge in [0, 0.05) is 32.8 Å². The second-order valence-corrected chi connectivity index (χ2v) is 6.49. The lowest BCUT2D eigenvalue weighted by molar-refractivity contribution is 0.112. The summed E-state index contributed by atoms with van der Waals surface area (Å²) in [6.45, 7) is 0. The molecule has 1 N–H and O–H groups in total. The summed E-state index contributed by atoms with van der Waals surface area (Å²) >= 11 is 1.48. The summed E-state index contributed by atoms with van der Waals surface area (Å²) in [4.78, 5) is 12.5. The molecule has 0 atom stereocenters. The average Bonchev–Trinajstić information content (AvgIpc) is 3.17. The number of nitriles is 2. The molecule has 0 bridgehead atoms. The van der Waals surface area contributed by atoms with Crippen LogP contribution in [0.25, 0.3) is 16.0 Å². The molecule has 0 amide bonds. The van der Waals surface area contributed by atoms with Crippen LogP contribution in [0.5, 0.6) is 0 Å². The molecule has 0 saturated carbocycles. The fourth-order valence-corrected chi connectivity index (χ4v) is 3.37. The van der Waals surface area contributed by atoms with Crippen molar-refractivity contribution in [3.8, 4) is 22.6 Å². The minimum absolute atomic E-state index is 0.376. The zero-order valence-electron chi connectivity index (χ0n) is 13.6. The number of anilines is 2. The molecule has 124 valence electrons. The third kappa shape index (κ3) is 3.87. The van der Waals surface area contributed by atoms with Crippen molar-refractivity contribution in [3.05, 3.63) is 77.2 Å². The minimum Gasteiger partial charge on any atom is -0.356 e. The van der Waals surface area contributed by atoms with E-state index in [1.807, 2.05) is 60.7 Å². The fourth-order valence-electron chi connectivity index (χ4n) is 2.39. The van der Waals surface area contributed by atoms with Gasteiger partial charge in [0.25, 0.3) is 0 Å². The molecule has 3 aromatic rings. The molecule has 0 radical (unpaired) electrons. The first-order valence-corrected chi connectivity index (χ1v) is 8.58. The molecule has 5 heteroatoms. The van der Waals surface area contributed by atoms with Crippen molar-refractivity contribution in [2.75, 3.05) is 5.32 Å². The van der Waals surface area contributed by atoms with Gasteiger partial charge in [0.05, 0.1) is 11.6 Å². The van der Waals surface area contributed by atoms with Crippen LogP contribution in [-0.4, -0.2) is 6.29 Å². The number of hydrogen-bond donors (Lipinski definition) is 1. The van der Waals surface area contributed by atoms with E-state index in [-0.39, 0.29) is 0 Å². The van der Waals surface area contributed by atoms with E-state index in [2.05, 4.69) is 5.32 Å². The van der Waals surface area contributed by atoms with Crippen LogP contribution in [0, 0.1) is 22.7 Å².